The van der Waals surface area contributed by atoms with Gasteiger partial charge in [-0.15, -0.1) is 0 Å². The van der Waals surface area contributed by atoms with Gasteiger partial charge in [0.05, 0.1) is 19.4 Å². The molecule has 1 aromatic heterocycles. The lowest BCUT2D eigenvalue weighted by molar-refractivity contribution is -0.154. The summed E-state index contributed by atoms with van der Waals surface area (Å²) >= 11 is 0. The molecule has 1 unspecified atom stereocenters. The van der Waals surface area contributed by atoms with Crippen molar-refractivity contribution in [2.45, 2.75) is 32.7 Å². The van der Waals surface area contributed by atoms with Gasteiger partial charge in [-0.2, -0.15) is 0 Å². The van der Waals surface area contributed by atoms with E-state index >= 15 is 0 Å². The van der Waals surface area contributed by atoms with Gasteiger partial charge in [-0.05, 0) is 31.9 Å². The summed E-state index contributed by atoms with van der Waals surface area (Å²) < 4.78 is 11.8. The molecule has 6 nitrogen and oxygen atoms in total. The van der Waals surface area contributed by atoms with Crippen molar-refractivity contribution >= 4 is 28.6 Å². The highest BCUT2D eigenvalue weighted by molar-refractivity contribution is 6.14. The molecule has 1 atom stereocenters. The molecule has 1 aliphatic rings. The largest absolute Gasteiger partial charge is 0.469 e. The SMILES string of the molecule is CCOC(=O)C1(CCC(=O)OC)CCn2c(cc3ccccc32)C1=O. The van der Waals surface area contributed by atoms with E-state index in [-0.39, 0.29) is 25.2 Å². The fourth-order valence-electron chi connectivity index (χ4n) is 3.52. The summed E-state index contributed by atoms with van der Waals surface area (Å²) in [5.74, 6) is -1.28. The molecule has 0 N–H and O–H groups in total. The van der Waals surface area contributed by atoms with Crippen LogP contribution in [0.4, 0.5) is 0 Å². The smallest absolute Gasteiger partial charge is 0.320 e. The number of hydrogen-bond acceptors (Lipinski definition) is 5. The second kappa shape index (κ2) is 6.70. The molecule has 0 saturated carbocycles. The number of ether oxygens (including phenoxy) is 2. The number of para-hydroxylation sites is 1. The van der Waals surface area contributed by atoms with Gasteiger partial charge >= 0.3 is 11.9 Å². The van der Waals surface area contributed by atoms with Crippen LogP contribution in [-0.4, -0.2) is 36.0 Å². The molecule has 0 fully saturated rings. The van der Waals surface area contributed by atoms with Crippen LogP contribution in [0, 0.1) is 5.41 Å². The first kappa shape index (κ1) is 17.2. The number of carbonyl (C=O) groups excluding carboxylic acids is 3. The minimum absolute atomic E-state index is 0.00127. The zero-order chi connectivity index (χ0) is 18.0. The Labute approximate surface area is 145 Å². The van der Waals surface area contributed by atoms with Crippen LogP contribution >= 0.6 is 0 Å². The number of esters is 2. The first-order valence-corrected chi connectivity index (χ1v) is 8.40. The maximum atomic E-state index is 13.3. The summed E-state index contributed by atoms with van der Waals surface area (Å²) in [6.45, 7) is 2.42. The number of benzene rings is 1. The van der Waals surface area contributed by atoms with E-state index in [4.69, 9.17) is 4.74 Å². The topological polar surface area (TPSA) is 74.6 Å². The van der Waals surface area contributed by atoms with Gasteiger partial charge in [0.15, 0.2) is 5.78 Å². The van der Waals surface area contributed by atoms with E-state index in [1.165, 1.54) is 7.11 Å². The number of ketones is 1. The first-order chi connectivity index (χ1) is 12.0. The highest BCUT2D eigenvalue weighted by atomic mass is 16.5. The van der Waals surface area contributed by atoms with Gasteiger partial charge < -0.3 is 14.0 Å². The molecular weight excluding hydrogens is 322 g/mol. The summed E-state index contributed by atoms with van der Waals surface area (Å²) in [6, 6.07) is 9.54. The zero-order valence-corrected chi connectivity index (χ0v) is 14.4. The number of Topliss-reactive ketones (excluding diaryl/α,β-unsaturated/α-hetero) is 1. The molecule has 0 radical (unpaired) electrons. The molecule has 0 saturated heterocycles. The minimum Gasteiger partial charge on any atom is -0.469 e. The first-order valence-electron chi connectivity index (χ1n) is 8.40. The van der Waals surface area contributed by atoms with Crippen molar-refractivity contribution < 1.29 is 23.9 Å². The molecule has 0 bridgehead atoms. The van der Waals surface area contributed by atoms with E-state index in [9.17, 15) is 14.4 Å². The van der Waals surface area contributed by atoms with Crippen LogP contribution < -0.4 is 0 Å². The van der Waals surface area contributed by atoms with Gasteiger partial charge in [0.1, 0.15) is 5.41 Å². The lowest BCUT2D eigenvalue weighted by atomic mass is 9.73. The Hall–Kier alpha value is -2.63. The van der Waals surface area contributed by atoms with E-state index in [1.807, 2.05) is 34.9 Å². The zero-order valence-electron chi connectivity index (χ0n) is 14.4. The highest BCUT2D eigenvalue weighted by Crippen LogP contribution is 2.40. The Morgan fingerprint density at radius 2 is 2.04 bits per heavy atom. The van der Waals surface area contributed by atoms with Crippen molar-refractivity contribution in [3.8, 4) is 0 Å². The third kappa shape index (κ3) is 2.81. The van der Waals surface area contributed by atoms with Crippen molar-refractivity contribution in [2.75, 3.05) is 13.7 Å². The highest BCUT2D eigenvalue weighted by Gasteiger charge is 2.50. The van der Waals surface area contributed by atoms with Crippen LogP contribution in [0.25, 0.3) is 10.9 Å². The number of fused-ring (bicyclic) bond motifs is 3. The van der Waals surface area contributed by atoms with Crippen molar-refractivity contribution in [2.24, 2.45) is 5.41 Å². The molecule has 6 heteroatoms. The summed E-state index contributed by atoms with van der Waals surface area (Å²) in [6.07, 6.45) is 0.410. The van der Waals surface area contributed by atoms with Crippen LogP contribution in [0.2, 0.25) is 0 Å². The molecule has 25 heavy (non-hydrogen) atoms. The van der Waals surface area contributed by atoms with Gasteiger partial charge in [0.2, 0.25) is 0 Å². The number of nitrogens with zero attached hydrogens (tertiary/aromatic N) is 1. The van der Waals surface area contributed by atoms with Gasteiger partial charge in [-0.3, -0.25) is 14.4 Å². The van der Waals surface area contributed by atoms with Crippen LogP contribution in [-0.2, 0) is 25.6 Å². The van der Waals surface area contributed by atoms with Crippen molar-refractivity contribution in [1.82, 2.24) is 4.57 Å². The second-order valence-corrected chi connectivity index (χ2v) is 6.20. The molecule has 132 valence electrons. The molecule has 1 aromatic carbocycles. The van der Waals surface area contributed by atoms with Crippen molar-refractivity contribution in [3.05, 3.63) is 36.0 Å². The number of methoxy groups -OCH3 is 1. The van der Waals surface area contributed by atoms with Crippen LogP contribution in [0.1, 0.15) is 36.7 Å². The average Bonchev–Trinajstić information content (AvgIpc) is 3.01. The fraction of sp³-hybridized carbons (Fsp3) is 0.421. The number of aryl methyl sites for hydroxylation is 1. The quantitative estimate of drug-likeness (QED) is 0.616. The Morgan fingerprint density at radius 1 is 1.28 bits per heavy atom. The van der Waals surface area contributed by atoms with Gasteiger partial charge in [0.25, 0.3) is 0 Å². The molecule has 0 spiro atoms. The number of rotatable bonds is 5. The Morgan fingerprint density at radius 3 is 2.76 bits per heavy atom. The summed E-state index contributed by atoms with van der Waals surface area (Å²) in [4.78, 5) is 37.5. The molecule has 1 aliphatic heterocycles. The van der Waals surface area contributed by atoms with E-state index in [2.05, 4.69) is 4.74 Å². The van der Waals surface area contributed by atoms with Crippen LogP contribution in [0.15, 0.2) is 30.3 Å². The standard InChI is InChI=1S/C19H21NO5/c1-3-25-18(23)19(9-8-16(21)24-2)10-11-20-14-7-5-4-6-13(14)12-15(20)17(19)22/h4-7,12H,3,8-11H2,1-2H3. The summed E-state index contributed by atoms with van der Waals surface area (Å²) in [5, 5.41) is 0.957. The number of carbonyl (C=O) groups is 3. The molecule has 0 amide bonds. The molecule has 2 aromatic rings. The molecule has 0 aliphatic carbocycles. The summed E-state index contributed by atoms with van der Waals surface area (Å²) in [5.41, 5.74) is 0.135. The third-order valence-electron chi connectivity index (χ3n) is 4.89. The predicted octanol–water partition coefficient (Wildman–Crippen LogP) is 2.73. The Balaban J connectivity index is 2.02. The van der Waals surface area contributed by atoms with E-state index in [0.717, 1.165) is 10.9 Å². The lowest BCUT2D eigenvalue weighted by Crippen LogP contribution is -2.46. The van der Waals surface area contributed by atoms with Gasteiger partial charge in [-0.1, -0.05) is 18.2 Å². The van der Waals surface area contributed by atoms with Crippen LogP contribution in [0.5, 0.6) is 0 Å². The Kier molecular flexibility index (Phi) is 4.61. The van der Waals surface area contributed by atoms with Gasteiger partial charge in [0, 0.05) is 23.9 Å². The number of hydrogen-bond donors (Lipinski definition) is 0. The minimum atomic E-state index is -1.32. The second-order valence-electron chi connectivity index (χ2n) is 6.20. The monoisotopic (exact) mass is 343 g/mol. The Bertz CT molecular complexity index is 837. The van der Waals surface area contributed by atoms with E-state index < -0.39 is 17.4 Å². The molecule has 2 heterocycles. The fourth-order valence-corrected chi connectivity index (χ4v) is 3.52. The molecular formula is C19H21NO5. The van der Waals surface area contributed by atoms with Crippen molar-refractivity contribution in [1.29, 1.82) is 0 Å². The molecule has 3 rings (SSSR count). The normalized spacial score (nSPS) is 19.5. The van der Waals surface area contributed by atoms with Gasteiger partial charge in [-0.25, -0.2) is 0 Å². The lowest BCUT2D eigenvalue weighted by Gasteiger charge is -2.34. The van der Waals surface area contributed by atoms with E-state index in [1.54, 1.807) is 6.92 Å². The van der Waals surface area contributed by atoms with Crippen molar-refractivity contribution in [3.63, 3.8) is 0 Å². The maximum absolute atomic E-state index is 13.3. The van der Waals surface area contributed by atoms with Crippen LogP contribution in [0.3, 0.4) is 0 Å². The van der Waals surface area contributed by atoms with E-state index in [0.29, 0.717) is 18.7 Å². The predicted molar refractivity (Wildman–Crippen MR) is 91.2 cm³/mol. The average molecular weight is 343 g/mol. The third-order valence-corrected chi connectivity index (χ3v) is 4.89. The number of aromatic nitrogens is 1. The maximum Gasteiger partial charge on any atom is 0.320 e. The summed E-state index contributed by atoms with van der Waals surface area (Å²) in [7, 11) is 1.29.